The molecule has 1 aromatic carbocycles. The molecule has 0 aliphatic carbocycles. The van der Waals surface area contributed by atoms with E-state index in [2.05, 4.69) is 10.2 Å². The van der Waals surface area contributed by atoms with Crippen LogP contribution in [0.5, 0.6) is 0 Å². The first-order chi connectivity index (χ1) is 9.72. The number of aryl methyl sites for hydroxylation is 1. The van der Waals surface area contributed by atoms with E-state index in [-0.39, 0.29) is 5.56 Å². The van der Waals surface area contributed by atoms with E-state index in [1.54, 1.807) is 23.0 Å². The van der Waals surface area contributed by atoms with Crippen LogP contribution in [0.4, 0.5) is 0 Å². The van der Waals surface area contributed by atoms with Gasteiger partial charge in [0.25, 0.3) is 5.56 Å². The number of furan rings is 1. The van der Waals surface area contributed by atoms with Gasteiger partial charge in [0.1, 0.15) is 11.3 Å². The van der Waals surface area contributed by atoms with Crippen LogP contribution in [-0.4, -0.2) is 14.8 Å². The number of H-pyrrole nitrogens is 1. The largest absolute Gasteiger partial charge is 0.461 e. The number of nitrogens with zero attached hydrogens (tertiary/aromatic N) is 2. The Morgan fingerprint density at radius 3 is 3.05 bits per heavy atom. The van der Waals surface area contributed by atoms with Crippen LogP contribution in [0, 0.1) is 6.92 Å². The molecule has 0 fully saturated rings. The molecule has 0 saturated carbocycles. The van der Waals surface area contributed by atoms with Crippen molar-refractivity contribution < 1.29 is 4.42 Å². The van der Waals surface area contributed by atoms with Crippen LogP contribution in [0.3, 0.4) is 0 Å². The quantitative estimate of drug-likeness (QED) is 0.575. The Labute approximate surface area is 113 Å². The smallest absolute Gasteiger partial charge is 0.266 e. The maximum atomic E-state index is 12.5. The molecule has 0 saturated heterocycles. The highest BCUT2D eigenvalue weighted by molar-refractivity contribution is 5.81. The molecule has 0 spiro atoms. The van der Waals surface area contributed by atoms with Gasteiger partial charge in [0, 0.05) is 17.3 Å². The van der Waals surface area contributed by atoms with Crippen LogP contribution in [0.25, 0.3) is 27.6 Å². The molecule has 1 N–H and O–H groups in total. The van der Waals surface area contributed by atoms with Gasteiger partial charge in [-0.3, -0.25) is 14.5 Å². The maximum absolute atomic E-state index is 12.5. The van der Waals surface area contributed by atoms with Gasteiger partial charge in [-0.2, -0.15) is 5.10 Å². The summed E-state index contributed by atoms with van der Waals surface area (Å²) in [6, 6.07) is 9.31. The Morgan fingerprint density at radius 2 is 2.15 bits per heavy atom. The molecule has 4 aromatic rings. The third-order valence-electron chi connectivity index (χ3n) is 3.41. The summed E-state index contributed by atoms with van der Waals surface area (Å²) in [6.45, 7) is 1.83. The zero-order chi connectivity index (χ0) is 13.7. The van der Waals surface area contributed by atoms with E-state index in [1.165, 1.54) is 0 Å². The summed E-state index contributed by atoms with van der Waals surface area (Å²) in [5.74, 6) is 0.736. The number of nitrogens with one attached hydrogen (secondary N) is 1. The summed E-state index contributed by atoms with van der Waals surface area (Å²) < 4.78 is 7.08. The summed E-state index contributed by atoms with van der Waals surface area (Å²) in [4.78, 5) is 12.5. The van der Waals surface area contributed by atoms with Crippen molar-refractivity contribution in [3.63, 3.8) is 0 Å². The fraction of sp³-hybridized carbons (Fsp3) is 0.0667. The topological polar surface area (TPSA) is 63.8 Å². The van der Waals surface area contributed by atoms with Gasteiger partial charge in [0.15, 0.2) is 0 Å². The third kappa shape index (κ3) is 1.50. The van der Waals surface area contributed by atoms with Crippen molar-refractivity contribution in [1.29, 1.82) is 0 Å². The molecule has 0 amide bonds. The normalized spacial score (nSPS) is 11.4. The van der Waals surface area contributed by atoms with Crippen LogP contribution in [0.1, 0.15) is 5.76 Å². The Kier molecular flexibility index (Phi) is 2.12. The Hall–Kier alpha value is -2.82. The molecule has 0 radical (unpaired) electrons. The number of hydrogen-bond acceptors (Lipinski definition) is 3. The number of aromatic amines is 1. The second-order valence-electron chi connectivity index (χ2n) is 4.77. The highest BCUT2D eigenvalue weighted by Gasteiger charge is 2.09. The van der Waals surface area contributed by atoms with Crippen molar-refractivity contribution in [2.24, 2.45) is 0 Å². The zero-order valence-electron chi connectivity index (χ0n) is 10.8. The number of aromatic nitrogens is 3. The van der Waals surface area contributed by atoms with E-state index in [0.29, 0.717) is 11.0 Å². The fourth-order valence-electron chi connectivity index (χ4n) is 2.45. The first-order valence-corrected chi connectivity index (χ1v) is 6.28. The van der Waals surface area contributed by atoms with Gasteiger partial charge in [-0.25, -0.2) is 0 Å². The van der Waals surface area contributed by atoms with E-state index < -0.39 is 0 Å². The number of rotatable bonds is 1. The SMILES string of the molecule is Cc1cc2c(=O)n(-c3ccc4[nH]ncc4c3)ccc2o1. The summed E-state index contributed by atoms with van der Waals surface area (Å²) >= 11 is 0. The summed E-state index contributed by atoms with van der Waals surface area (Å²) in [7, 11) is 0. The molecule has 4 rings (SSSR count). The predicted molar refractivity (Wildman–Crippen MR) is 76.2 cm³/mol. The van der Waals surface area contributed by atoms with Gasteiger partial charge >= 0.3 is 0 Å². The van der Waals surface area contributed by atoms with Crippen molar-refractivity contribution in [1.82, 2.24) is 14.8 Å². The molecule has 20 heavy (non-hydrogen) atoms. The second kappa shape index (κ2) is 3.84. The molecule has 0 unspecified atom stereocenters. The molecule has 98 valence electrons. The van der Waals surface area contributed by atoms with E-state index in [4.69, 9.17) is 4.42 Å². The predicted octanol–water partition coefficient (Wildman–Crippen LogP) is 2.77. The molecule has 0 atom stereocenters. The number of hydrogen-bond donors (Lipinski definition) is 1. The van der Waals surface area contributed by atoms with Gasteiger partial charge < -0.3 is 4.42 Å². The lowest BCUT2D eigenvalue weighted by molar-refractivity contribution is 0.578. The molecule has 0 aliphatic heterocycles. The lowest BCUT2D eigenvalue weighted by atomic mass is 10.2. The van der Waals surface area contributed by atoms with Gasteiger partial charge in [0.2, 0.25) is 0 Å². The van der Waals surface area contributed by atoms with Crippen LogP contribution >= 0.6 is 0 Å². The zero-order valence-corrected chi connectivity index (χ0v) is 10.8. The van der Waals surface area contributed by atoms with E-state index in [1.807, 2.05) is 31.2 Å². The lowest BCUT2D eigenvalue weighted by Crippen LogP contribution is -2.16. The van der Waals surface area contributed by atoms with Crippen LogP contribution in [0.2, 0.25) is 0 Å². The van der Waals surface area contributed by atoms with E-state index in [0.717, 1.165) is 22.4 Å². The average Bonchev–Trinajstić information content (AvgIpc) is 3.04. The fourth-order valence-corrected chi connectivity index (χ4v) is 2.45. The van der Waals surface area contributed by atoms with Gasteiger partial charge in [0.05, 0.1) is 17.1 Å². The minimum Gasteiger partial charge on any atom is -0.461 e. The number of benzene rings is 1. The van der Waals surface area contributed by atoms with Gasteiger partial charge in [-0.05, 0) is 37.3 Å². The van der Waals surface area contributed by atoms with Crippen molar-refractivity contribution in [3.8, 4) is 5.69 Å². The molecule has 3 heterocycles. The third-order valence-corrected chi connectivity index (χ3v) is 3.41. The Morgan fingerprint density at radius 1 is 1.25 bits per heavy atom. The number of pyridine rings is 1. The van der Waals surface area contributed by atoms with Crippen molar-refractivity contribution in [2.75, 3.05) is 0 Å². The lowest BCUT2D eigenvalue weighted by Gasteiger charge is -2.05. The van der Waals surface area contributed by atoms with E-state index in [9.17, 15) is 4.79 Å². The average molecular weight is 265 g/mol. The maximum Gasteiger partial charge on any atom is 0.266 e. The summed E-state index contributed by atoms with van der Waals surface area (Å²) in [6.07, 6.45) is 3.47. The Balaban J connectivity index is 2.01. The standard InChI is InChI=1S/C15H11N3O2/c1-9-6-12-14(20-9)4-5-18(15(12)19)11-2-3-13-10(7-11)8-16-17-13/h2-8H,1H3,(H,16,17). The van der Waals surface area contributed by atoms with Crippen LogP contribution in [-0.2, 0) is 0 Å². The molecule has 0 bridgehead atoms. The van der Waals surface area contributed by atoms with Crippen molar-refractivity contribution in [2.45, 2.75) is 6.92 Å². The molecule has 3 aromatic heterocycles. The Bertz CT molecular complexity index is 991. The first-order valence-electron chi connectivity index (χ1n) is 6.28. The van der Waals surface area contributed by atoms with Crippen LogP contribution in [0.15, 0.2) is 51.9 Å². The molecule has 0 aliphatic rings. The highest BCUT2D eigenvalue weighted by atomic mass is 16.3. The van der Waals surface area contributed by atoms with Gasteiger partial charge in [-0.1, -0.05) is 0 Å². The van der Waals surface area contributed by atoms with E-state index >= 15 is 0 Å². The molecule has 5 nitrogen and oxygen atoms in total. The van der Waals surface area contributed by atoms with Crippen molar-refractivity contribution >= 4 is 21.9 Å². The van der Waals surface area contributed by atoms with Crippen molar-refractivity contribution in [3.05, 3.63) is 58.8 Å². The molecule has 5 heteroatoms. The summed E-state index contributed by atoms with van der Waals surface area (Å²) in [5.41, 5.74) is 2.29. The second-order valence-corrected chi connectivity index (χ2v) is 4.77. The summed E-state index contributed by atoms with van der Waals surface area (Å²) in [5, 5.41) is 8.44. The highest BCUT2D eigenvalue weighted by Crippen LogP contribution is 2.18. The number of fused-ring (bicyclic) bond motifs is 2. The minimum absolute atomic E-state index is 0.0813. The molecular formula is C15H11N3O2. The molecular weight excluding hydrogens is 254 g/mol. The van der Waals surface area contributed by atoms with Crippen LogP contribution < -0.4 is 5.56 Å². The van der Waals surface area contributed by atoms with Gasteiger partial charge in [-0.15, -0.1) is 0 Å². The first kappa shape index (κ1) is 11.0. The monoisotopic (exact) mass is 265 g/mol. The minimum atomic E-state index is -0.0813.